The molecule has 2 aromatic rings. The number of nitrogens with one attached hydrogen (secondary N) is 1. The molecule has 2 fully saturated rings. The van der Waals surface area contributed by atoms with E-state index < -0.39 is 0 Å². The molecular formula is C27H34N2O2. The zero-order valence-corrected chi connectivity index (χ0v) is 18.6. The van der Waals surface area contributed by atoms with Crippen LogP contribution in [0.3, 0.4) is 0 Å². The van der Waals surface area contributed by atoms with E-state index in [1.807, 2.05) is 54.3 Å². The zero-order valence-electron chi connectivity index (χ0n) is 18.6. The van der Waals surface area contributed by atoms with Gasteiger partial charge in [-0.25, -0.2) is 0 Å². The van der Waals surface area contributed by atoms with E-state index in [0.29, 0.717) is 12.6 Å². The fourth-order valence-electron chi connectivity index (χ4n) is 4.94. The first-order chi connectivity index (χ1) is 15.1. The second-order valence-electron chi connectivity index (χ2n) is 9.24. The van der Waals surface area contributed by atoms with Crippen molar-refractivity contribution in [3.63, 3.8) is 0 Å². The molecule has 1 aliphatic carbocycles. The van der Waals surface area contributed by atoms with Crippen LogP contribution in [0.1, 0.15) is 89.1 Å². The summed E-state index contributed by atoms with van der Waals surface area (Å²) in [6, 6.07) is 16.2. The molecule has 31 heavy (non-hydrogen) atoms. The van der Waals surface area contributed by atoms with E-state index in [2.05, 4.69) is 11.4 Å². The summed E-state index contributed by atoms with van der Waals surface area (Å²) >= 11 is 0. The van der Waals surface area contributed by atoms with Crippen molar-refractivity contribution in [1.29, 1.82) is 0 Å². The van der Waals surface area contributed by atoms with Crippen LogP contribution >= 0.6 is 0 Å². The molecule has 0 aromatic heterocycles. The topological polar surface area (TPSA) is 49.4 Å². The molecule has 1 saturated heterocycles. The Morgan fingerprint density at radius 1 is 0.871 bits per heavy atom. The molecule has 0 bridgehead atoms. The van der Waals surface area contributed by atoms with Gasteiger partial charge in [-0.05, 0) is 62.4 Å². The Bertz CT molecular complexity index is 898. The van der Waals surface area contributed by atoms with Crippen LogP contribution in [-0.2, 0) is 0 Å². The maximum Gasteiger partial charge on any atom is 0.253 e. The summed E-state index contributed by atoms with van der Waals surface area (Å²) in [5.74, 6) is 0.415. The summed E-state index contributed by atoms with van der Waals surface area (Å²) in [4.78, 5) is 27.8. The van der Waals surface area contributed by atoms with Gasteiger partial charge in [0.05, 0.1) is 0 Å². The molecule has 2 aliphatic rings. The van der Waals surface area contributed by atoms with Crippen LogP contribution in [0.4, 0.5) is 0 Å². The van der Waals surface area contributed by atoms with Gasteiger partial charge in [-0.1, -0.05) is 55.5 Å². The van der Waals surface area contributed by atoms with Gasteiger partial charge in [0, 0.05) is 36.2 Å². The summed E-state index contributed by atoms with van der Waals surface area (Å²) in [7, 11) is 0. The Morgan fingerprint density at radius 2 is 1.61 bits per heavy atom. The van der Waals surface area contributed by atoms with E-state index in [4.69, 9.17) is 0 Å². The molecule has 2 amide bonds. The summed E-state index contributed by atoms with van der Waals surface area (Å²) in [6.45, 7) is 3.54. The first-order valence-electron chi connectivity index (χ1n) is 11.9. The fraction of sp³-hybridized carbons (Fsp3) is 0.481. The number of hydrogen-bond acceptors (Lipinski definition) is 2. The first-order valence-corrected chi connectivity index (χ1v) is 11.9. The van der Waals surface area contributed by atoms with Crippen molar-refractivity contribution in [2.45, 2.75) is 70.3 Å². The largest absolute Gasteiger partial charge is 0.349 e. The van der Waals surface area contributed by atoms with Gasteiger partial charge in [-0.3, -0.25) is 9.59 Å². The summed E-state index contributed by atoms with van der Waals surface area (Å²) in [5.41, 5.74) is 3.81. The van der Waals surface area contributed by atoms with E-state index >= 15 is 0 Å². The molecule has 4 nitrogen and oxygen atoms in total. The van der Waals surface area contributed by atoms with Crippen molar-refractivity contribution >= 4 is 11.8 Å². The molecule has 1 aliphatic heterocycles. The molecule has 1 N–H and O–H groups in total. The number of amides is 2. The van der Waals surface area contributed by atoms with Gasteiger partial charge in [0.15, 0.2) is 0 Å². The van der Waals surface area contributed by atoms with Gasteiger partial charge >= 0.3 is 0 Å². The van der Waals surface area contributed by atoms with Crippen LogP contribution in [-0.4, -0.2) is 35.8 Å². The average molecular weight is 419 g/mol. The quantitative estimate of drug-likeness (QED) is 0.670. The highest BCUT2D eigenvalue weighted by Crippen LogP contribution is 2.28. The van der Waals surface area contributed by atoms with E-state index in [1.165, 1.54) is 25.7 Å². The number of hydrogen-bond donors (Lipinski definition) is 1. The number of carbonyl (C=O) groups excluding carboxylic acids is 2. The van der Waals surface area contributed by atoms with Crippen LogP contribution in [0.2, 0.25) is 0 Å². The van der Waals surface area contributed by atoms with Crippen LogP contribution in [0.5, 0.6) is 0 Å². The van der Waals surface area contributed by atoms with Gasteiger partial charge in [-0.2, -0.15) is 0 Å². The number of likely N-dealkylation sites (tertiary alicyclic amines) is 1. The summed E-state index contributed by atoms with van der Waals surface area (Å²) in [6.07, 6.45) is 9.18. The maximum atomic E-state index is 13.0. The number of aryl methyl sites for hydroxylation is 1. The standard InChI is InChI=1S/C27H34N2O2/c1-20-13-15-21(16-14-20)27(31)29-17-7-10-24(19-29)22-8-6-9-23(18-22)26(30)28-25-11-4-2-3-5-12-25/h6,8-9,13-16,18,24-25H,2-5,7,10-12,17,19H2,1H3,(H,28,30)/t24-/m0/s1. The number of carbonyl (C=O) groups is 2. The van der Waals surface area contributed by atoms with Gasteiger partial charge < -0.3 is 10.2 Å². The Balaban J connectivity index is 1.42. The van der Waals surface area contributed by atoms with Gasteiger partial charge in [0.1, 0.15) is 0 Å². The molecule has 0 spiro atoms. The first kappa shape index (κ1) is 21.6. The third kappa shape index (κ3) is 5.55. The molecule has 4 rings (SSSR count). The van der Waals surface area contributed by atoms with Crippen molar-refractivity contribution in [3.05, 3.63) is 70.8 Å². The fourth-order valence-corrected chi connectivity index (χ4v) is 4.94. The number of nitrogens with zero attached hydrogens (tertiary/aromatic N) is 1. The van der Waals surface area contributed by atoms with E-state index in [1.54, 1.807) is 0 Å². The van der Waals surface area contributed by atoms with E-state index in [-0.39, 0.29) is 17.7 Å². The SMILES string of the molecule is Cc1ccc(C(=O)N2CCC[C@H](c3cccc(C(=O)NC4CCCCCC4)c3)C2)cc1. The molecule has 4 heteroatoms. The lowest BCUT2D eigenvalue weighted by atomic mass is 9.89. The average Bonchev–Trinajstić information content (AvgIpc) is 3.08. The van der Waals surface area contributed by atoms with Crippen LogP contribution < -0.4 is 5.32 Å². The van der Waals surface area contributed by atoms with Gasteiger partial charge in [0.25, 0.3) is 11.8 Å². The molecule has 1 atom stereocenters. The number of rotatable bonds is 4. The normalized spacial score (nSPS) is 20.2. The van der Waals surface area contributed by atoms with Crippen molar-refractivity contribution in [2.24, 2.45) is 0 Å². The van der Waals surface area contributed by atoms with Crippen molar-refractivity contribution in [2.75, 3.05) is 13.1 Å². The Labute approximate surface area is 186 Å². The van der Waals surface area contributed by atoms with E-state index in [9.17, 15) is 9.59 Å². The lowest BCUT2D eigenvalue weighted by molar-refractivity contribution is 0.0706. The highest BCUT2D eigenvalue weighted by atomic mass is 16.2. The molecule has 0 unspecified atom stereocenters. The lowest BCUT2D eigenvalue weighted by Crippen LogP contribution is -2.39. The minimum atomic E-state index is 0.0390. The van der Waals surface area contributed by atoms with Gasteiger partial charge in [0.2, 0.25) is 0 Å². The second-order valence-corrected chi connectivity index (χ2v) is 9.24. The summed E-state index contributed by atoms with van der Waals surface area (Å²) in [5, 5.41) is 3.25. The lowest BCUT2D eigenvalue weighted by Gasteiger charge is -2.33. The molecule has 0 radical (unpaired) electrons. The van der Waals surface area contributed by atoms with Crippen molar-refractivity contribution < 1.29 is 9.59 Å². The highest BCUT2D eigenvalue weighted by Gasteiger charge is 2.26. The van der Waals surface area contributed by atoms with Crippen molar-refractivity contribution in [1.82, 2.24) is 10.2 Å². The third-order valence-electron chi connectivity index (χ3n) is 6.82. The zero-order chi connectivity index (χ0) is 21.6. The number of benzene rings is 2. The molecule has 164 valence electrons. The van der Waals surface area contributed by atoms with Crippen LogP contribution in [0.25, 0.3) is 0 Å². The highest BCUT2D eigenvalue weighted by molar-refractivity contribution is 5.95. The monoisotopic (exact) mass is 418 g/mol. The minimum absolute atomic E-state index is 0.0390. The third-order valence-corrected chi connectivity index (χ3v) is 6.82. The predicted octanol–water partition coefficient (Wildman–Crippen LogP) is 5.47. The van der Waals surface area contributed by atoms with Gasteiger partial charge in [-0.15, -0.1) is 0 Å². The molecule has 2 aromatic carbocycles. The minimum Gasteiger partial charge on any atom is -0.349 e. The second kappa shape index (κ2) is 10.1. The predicted molar refractivity (Wildman–Crippen MR) is 124 cm³/mol. The summed E-state index contributed by atoms with van der Waals surface area (Å²) < 4.78 is 0. The molecule has 1 heterocycles. The van der Waals surface area contributed by atoms with E-state index in [0.717, 1.165) is 54.5 Å². The molecular weight excluding hydrogens is 384 g/mol. The maximum absolute atomic E-state index is 13.0. The smallest absolute Gasteiger partial charge is 0.253 e. The molecule has 1 saturated carbocycles. The Hall–Kier alpha value is -2.62. The van der Waals surface area contributed by atoms with Crippen LogP contribution in [0.15, 0.2) is 48.5 Å². The van der Waals surface area contributed by atoms with Crippen molar-refractivity contribution in [3.8, 4) is 0 Å². The van der Waals surface area contributed by atoms with Crippen LogP contribution in [0, 0.1) is 6.92 Å². The Morgan fingerprint density at radius 3 is 2.35 bits per heavy atom. The Kier molecular flexibility index (Phi) is 7.06. The number of piperidine rings is 1.